The molecule has 0 fully saturated rings. The Hall–Kier alpha value is -2.18. The summed E-state index contributed by atoms with van der Waals surface area (Å²) in [5.74, 6) is -0.138. The number of benzene rings is 2. The van der Waals surface area contributed by atoms with E-state index in [1.165, 1.54) is 0 Å². The first-order valence-corrected chi connectivity index (χ1v) is 10.5. The molecular weight excluding hydrogens is 360 g/mol. The summed E-state index contributed by atoms with van der Waals surface area (Å²) in [6, 6.07) is 6.92. The molecule has 2 aromatic carbocycles. The lowest BCUT2D eigenvalue weighted by atomic mass is 9.95. The van der Waals surface area contributed by atoms with Gasteiger partial charge in [0.1, 0.15) is 0 Å². The van der Waals surface area contributed by atoms with Gasteiger partial charge in [-0.3, -0.25) is 4.79 Å². The van der Waals surface area contributed by atoms with Gasteiger partial charge in [0.15, 0.2) is 0 Å². The second-order valence-electron chi connectivity index (χ2n) is 6.84. The van der Waals surface area contributed by atoms with Crippen LogP contribution in [0.5, 0.6) is 0 Å². The molecule has 0 bridgehead atoms. The molecule has 146 valence electrons. The maximum Gasteiger partial charge on any atom is 0.251 e. The number of hydrogen-bond acceptors (Lipinski definition) is 3. The number of rotatable bonds is 6. The number of carbonyl (C=O) groups is 1. The fourth-order valence-electron chi connectivity index (χ4n) is 3.16. The summed E-state index contributed by atoms with van der Waals surface area (Å²) in [7, 11) is -3.65. The summed E-state index contributed by atoms with van der Waals surface area (Å²) in [4.78, 5) is 12.2. The van der Waals surface area contributed by atoms with E-state index in [0.29, 0.717) is 17.0 Å². The van der Waals surface area contributed by atoms with Gasteiger partial charge in [-0.15, -0.1) is 0 Å². The highest BCUT2D eigenvalue weighted by molar-refractivity contribution is 7.89. The topological polar surface area (TPSA) is 75.3 Å². The van der Waals surface area contributed by atoms with Gasteiger partial charge in [-0.25, -0.2) is 13.1 Å². The van der Waals surface area contributed by atoms with Crippen molar-refractivity contribution < 1.29 is 13.2 Å². The Morgan fingerprint density at radius 2 is 1.33 bits per heavy atom. The normalized spacial score (nSPS) is 11.5. The smallest absolute Gasteiger partial charge is 0.251 e. The molecule has 0 saturated carbocycles. The monoisotopic (exact) mass is 388 g/mol. The molecule has 0 aliphatic heterocycles. The van der Waals surface area contributed by atoms with Crippen molar-refractivity contribution in [3.8, 4) is 0 Å². The standard InChI is InChI=1S/C21H28N2O3S/c1-7-22-21(24)19-10-8-18(9-11-19)12-23-27(25,26)20-16(5)14(3)13(2)15(4)17(20)6/h8-11,23H,7,12H2,1-6H3,(H,22,24). The van der Waals surface area contributed by atoms with E-state index in [1.807, 2.05) is 41.5 Å². The zero-order chi connectivity index (χ0) is 20.4. The molecule has 1 amide bonds. The SMILES string of the molecule is CCNC(=O)c1ccc(CNS(=O)(=O)c2c(C)c(C)c(C)c(C)c2C)cc1. The van der Waals surface area contributed by atoms with Crippen molar-refractivity contribution in [3.63, 3.8) is 0 Å². The van der Waals surface area contributed by atoms with Gasteiger partial charge >= 0.3 is 0 Å². The highest BCUT2D eigenvalue weighted by atomic mass is 32.2. The number of amides is 1. The summed E-state index contributed by atoms with van der Waals surface area (Å²) in [6.07, 6.45) is 0. The lowest BCUT2D eigenvalue weighted by Gasteiger charge is -2.19. The van der Waals surface area contributed by atoms with Crippen molar-refractivity contribution in [3.05, 3.63) is 63.2 Å². The van der Waals surface area contributed by atoms with Crippen LogP contribution in [0, 0.1) is 34.6 Å². The maximum absolute atomic E-state index is 12.9. The van der Waals surface area contributed by atoms with Gasteiger partial charge in [-0.1, -0.05) is 12.1 Å². The van der Waals surface area contributed by atoms with E-state index in [1.54, 1.807) is 24.3 Å². The number of hydrogen-bond donors (Lipinski definition) is 2. The van der Waals surface area contributed by atoms with Gasteiger partial charge < -0.3 is 5.32 Å². The molecule has 2 rings (SSSR count). The van der Waals surface area contributed by atoms with Gasteiger partial charge in [-0.05, 0) is 87.1 Å². The predicted molar refractivity (Wildman–Crippen MR) is 109 cm³/mol. The predicted octanol–water partition coefficient (Wildman–Crippen LogP) is 3.46. The largest absolute Gasteiger partial charge is 0.352 e. The fourth-order valence-corrected chi connectivity index (χ4v) is 4.77. The van der Waals surface area contributed by atoms with Crippen LogP contribution < -0.4 is 10.0 Å². The molecule has 0 radical (unpaired) electrons. The lowest BCUT2D eigenvalue weighted by Crippen LogP contribution is -2.26. The van der Waals surface area contributed by atoms with Crippen molar-refractivity contribution >= 4 is 15.9 Å². The van der Waals surface area contributed by atoms with Crippen LogP contribution in [0.25, 0.3) is 0 Å². The summed E-state index contributed by atoms with van der Waals surface area (Å²) in [6.45, 7) is 12.2. The minimum absolute atomic E-state index is 0.138. The Labute approximate surface area is 162 Å². The van der Waals surface area contributed by atoms with E-state index in [0.717, 1.165) is 33.4 Å². The minimum atomic E-state index is -3.65. The Balaban J connectivity index is 2.25. The molecular formula is C21H28N2O3S. The van der Waals surface area contributed by atoms with Gasteiger partial charge in [0.2, 0.25) is 10.0 Å². The molecule has 6 heteroatoms. The quantitative estimate of drug-likeness (QED) is 0.796. The van der Waals surface area contributed by atoms with E-state index in [4.69, 9.17) is 0 Å². The van der Waals surface area contributed by atoms with Crippen molar-refractivity contribution in [2.24, 2.45) is 0 Å². The van der Waals surface area contributed by atoms with Crippen LogP contribution in [0.15, 0.2) is 29.2 Å². The Morgan fingerprint density at radius 1 is 0.852 bits per heavy atom. The van der Waals surface area contributed by atoms with E-state index < -0.39 is 10.0 Å². The average Bonchev–Trinajstić information content (AvgIpc) is 2.64. The number of nitrogens with one attached hydrogen (secondary N) is 2. The Kier molecular flexibility index (Phi) is 6.44. The molecule has 0 spiro atoms. The molecule has 0 heterocycles. The van der Waals surface area contributed by atoms with E-state index >= 15 is 0 Å². The molecule has 0 aliphatic rings. The maximum atomic E-state index is 12.9. The third-order valence-electron chi connectivity index (χ3n) is 5.22. The van der Waals surface area contributed by atoms with Gasteiger partial charge in [0, 0.05) is 18.7 Å². The molecule has 5 nitrogen and oxygen atoms in total. The van der Waals surface area contributed by atoms with Crippen LogP contribution in [0.4, 0.5) is 0 Å². The van der Waals surface area contributed by atoms with Crippen LogP contribution in [-0.2, 0) is 16.6 Å². The van der Waals surface area contributed by atoms with Gasteiger partial charge in [0.05, 0.1) is 4.90 Å². The molecule has 27 heavy (non-hydrogen) atoms. The highest BCUT2D eigenvalue weighted by Crippen LogP contribution is 2.29. The zero-order valence-corrected chi connectivity index (χ0v) is 17.7. The second kappa shape index (κ2) is 8.23. The lowest BCUT2D eigenvalue weighted by molar-refractivity contribution is 0.0956. The first kappa shape index (κ1) is 21.1. The molecule has 0 aromatic heterocycles. The Bertz CT molecular complexity index is 933. The third-order valence-corrected chi connectivity index (χ3v) is 6.89. The molecule has 0 atom stereocenters. The Morgan fingerprint density at radius 3 is 1.81 bits per heavy atom. The molecule has 0 unspecified atom stereocenters. The highest BCUT2D eigenvalue weighted by Gasteiger charge is 2.23. The summed E-state index contributed by atoms with van der Waals surface area (Å²) in [5.41, 5.74) is 6.06. The molecule has 2 aromatic rings. The first-order chi connectivity index (χ1) is 12.6. The third kappa shape index (κ3) is 4.39. The first-order valence-electron chi connectivity index (χ1n) is 9.03. The summed E-state index contributed by atoms with van der Waals surface area (Å²) in [5, 5.41) is 2.74. The van der Waals surface area contributed by atoms with Crippen molar-refractivity contribution in [2.75, 3.05) is 6.54 Å². The number of carbonyl (C=O) groups excluding carboxylic acids is 1. The minimum Gasteiger partial charge on any atom is -0.352 e. The summed E-state index contributed by atoms with van der Waals surface area (Å²) < 4.78 is 28.6. The van der Waals surface area contributed by atoms with Crippen LogP contribution in [-0.4, -0.2) is 20.9 Å². The van der Waals surface area contributed by atoms with Gasteiger partial charge in [0.25, 0.3) is 5.91 Å². The average molecular weight is 389 g/mol. The fraction of sp³-hybridized carbons (Fsp3) is 0.381. The number of sulfonamides is 1. The van der Waals surface area contributed by atoms with E-state index in [9.17, 15) is 13.2 Å². The second-order valence-corrected chi connectivity index (χ2v) is 8.54. The molecule has 2 N–H and O–H groups in total. The van der Waals surface area contributed by atoms with E-state index in [-0.39, 0.29) is 12.5 Å². The van der Waals surface area contributed by atoms with Crippen LogP contribution in [0.3, 0.4) is 0 Å². The van der Waals surface area contributed by atoms with Crippen LogP contribution >= 0.6 is 0 Å². The van der Waals surface area contributed by atoms with Crippen molar-refractivity contribution in [2.45, 2.75) is 53.0 Å². The zero-order valence-electron chi connectivity index (χ0n) is 16.9. The van der Waals surface area contributed by atoms with Gasteiger partial charge in [-0.2, -0.15) is 0 Å². The van der Waals surface area contributed by atoms with Crippen molar-refractivity contribution in [1.82, 2.24) is 10.0 Å². The molecule has 0 saturated heterocycles. The van der Waals surface area contributed by atoms with Crippen LogP contribution in [0.1, 0.15) is 50.7 Å². The van der Waals surface area contributed by atoms with Crippen molar-refractivity contribution in [1.29, 1.82) is 0 Å². The van der Waals surface area contributed by atoms with Crippen LogP contribution in [0.2, 0.25) is 0 Å². The molecule has 0 aliphatic carbocycles. The summed E-state index contributed by atoms with van der Waals surface area (Å²) >= 11 is 0. The van der Waals surface area contributed by atoms with E-state index in [2.05, 4.69) is 10.0 Å².